The van der Waals surface area contributed by atoms with Crippen molar-refractivity contribution >= 4 is 23.4 Å². The summed E-state index contributed by atoms with van der Waals surface area (Å²) in [6.07, 6.45) is 1.22. The predicted molar refractivity (Wildman–Crippen MR) is 110 cm³/mol. The van der Waals surface area contributed by atoms with E-state index in [2.05, 4.69) is 27.1 Å². The highest BCUT2D eigenvalue weighted by Gasteiger charge is 2.26. The van der Waals surface area contributed by atoms with Crippen LogP contribution in [-0.4, -0.2) is 33.5 Å². The molecule has 0 spiro atoms. The van der Waals surface area contributed by atoms with Crippen LogP contribution in [0.5, 0.6) is 11.6 Å². The van der Waals surface area contributed by atoms with E-state index in [4.69, 9.17) is 9.47 Å². The molecule has 0 fully saturated rings. The highest BCUT2D eigenvalue weighted by atomic mass is 32.2. The van der Waals surface area contributed by atoms with Crippen LogP contribution in [0, 0.1) is 0 Å². The zero-order valence-electron chi connectivity index (χ0n) is 15.8. The Bertz CT molecular complexity index is 1070. The van der Waals surface area contributed by atoms with Gasteiger partial charge in [0.1, 0.15) is 12.4 Å². The molecule has 8 nitrogen and oxygen atoms in total. The zero-order valence-corrected chi connectivity index (χ0v) is 16.6. The van der Waals surface area contributed by atoms with Crippen LogP contribution in [0.25, 0.3) is 11.3 Å². The number of carbonyl (C=O) groups is 1. The Hall–Kier alpha value is -3.59. The number of aromatic nitrogens is 3. The molecule has 4 rings (SSSR count). The smallest absolute Gasteiger partial charge is 0.247 e. The molecule has 0 saturated heterocycles. The number of fused-ring (bicyclic) bond motifs is 3. The van der Waals surface area contributed by atoms with Crippen molar-refractivity contribution < 1.29 is 19.4 Å². The van der Waals surface area contributed by atoms with Crippen LogP contribution in [0.1, 0.15) is 11.8 Å². The number of hydrogen-bond acceptors (Lipinski definition) is 9. The number of carbonyl (C=O) groups excluding carboxylic acids is 1. The highest BCUT2D eigenvalue weighted by molar-refractivity contribution is 7.99. The van der Waals surface area contributed by atoms with Gasteiger partial charge in [-0.1, -0.05) is 36.0 Å². The Morgan fingerprint density at radius 3 is 2.80 bits per heavy atom. The first kappa shape index (κ1) is 19.7. The SMILES string of the molecule is C=CCSc1nnc2c(n1)O[C@H](c1ccc(OCC(=O)[O-])cc1)Nc1ccccc1-2. The van der Waals surface area contributed by atoms with Crippen LogP contribution >= 0.6 is 11.8 Å². The Morgan fingerprint density at radius 2 is 2.03 bits per heavy atom. The first-order valence-corrected chi connectivity index (χ1v) is 10.1. The van der Waals surface area contributed by atoms with E-state index in [1.54, 1.807) is 30.3 Å². The molecule has 1 aliphatic heterocycles. The fraction of sp³-hybridized carbons (Fsp3) is 0.143. The molecular weight excluding hydrogens is 404 g/mol. The molecule has 9 heteroatoms. The van der Waals surface area contributed by atoms with Gasteiger partial charge in [-0.3, -0.25) is 0 Å². The minimum Gasteiger partial charge on any atom is -0.546 e. The van der Waals surface area contributed by atoms with E-state index in [0.29, 0.717) is 28.2 Å². The lowest BCUT2D eigenvalue weighted by atomic mass is 10.1. The van der Waals surface area contributed by atoms with E-state index in [-0.39, 0.29) is 0 Å². The summed E-state index contributed by atoms with van der Waals surface area (Å²) in [5.74, 6) is 0.172. The molecule has 0 unspecified atom stereocenters. The second-order valence-corrected chi connectivity index (χ2v) is 7.25. The molecule has 1 aliphatic rings. The summed E-state index contributed by atoms with van der Waals surface area (Å²) in [6, 6.07) is 14.6. The molecule has 30 heavy (non-hydrogen) atoms. The van der Waals surface area contributed by atoms with Gasteiger partial charge in [0.25, 0.3) is 0 Å². The maximum atomic E-state index is 10.6. The molecule has 0 amide bonds. The van der Waals surface area contributed by atoms with Crippen LogP contribution in [-0.2, 0) is 4.79 Å². The van der Waals surface area contributed by atoms with E-state index >= 15 is 0 Å². The van der Waals surface area contributed by atoms with Gasteiger partial charge in [-0.25, -0.2) is 0 Å². The average Bonchev–Trinajstić information content (AvgIpc) is 2.93. The van der Waals surface area contributed by atoms with Crippen molar-refractivity contribution in [1.82, 2.24) is 15.2 Å². The normalized spacial score (nSPS) is 14.3. The third-order valence-corrected chi connectivity index (χ3v) is 5.04. The van der Waals surface area contributed by atoms with E-state index in [1.165, 1.54) is 11.8 Å². The first-order valence-electron chi connectivity index (χ1n) is 9.07. The van der Waals surface area contributed by atoms with Crippen molar-refractivity contribution in [3.05, 3.63) is 66.7 Å². The lowest BCUT2D eigenvalue weighted by Crippen LogP contribution is -2.28. The summed E-state index contributed by atoms with van der Waals surface area (Å²) in [5.41, 5.74) is 3.03. The fourth-order valence-electron chi connectivity index (χ4n) is 2.87. The van der Waals surface area contributed by atoms with E-state index in [9.17, 15) is 9.90 Å². The number of aliphatic carboxylic acids is 1. The summed E-state index contributed by atoms with van der Waals surface area (Å²) in [4.78, 5) is 15.1. The average molecular weight is 421 g/mol. The molecule has 2 aromatic carbocycles. The van der Waals surface area contributed by atoms with Gasteiger partial charge < -0.3 is 24.7 Å². The third kappa shape index (κ3) is 4.36. The number of carboxylic acids is 1. The number of ether oxygens (including phenoxy) is 2. The minimum absolute atomic E-state index is 0.372. The number of nitrogens with one attached hydrogen (secondary N) is 1. The van der Waals surface area contributed by atoms with Crippen molar-refractivity contribution in [1.29, 1.82) is 0 Å². The van der Waals surface area contributed by atoms with Crippen LogP contribution in [0.15, 0.2) is 66.3 Å². The maximum absolute atomic E-state index is 10.6. The lowest BCUT2D eigenvalue weighted by Gasteiger charge is -2.19. The summed E-state index contributed by atoms with van der Waals surface area (Å²) in [5, 5.41) is 22.9. The number of carboxylic acid groups (broad SMARTS) is 1. The molecule has 2 heterocycles. The number of nitrogens with zero attached hydrogens (tertiary/aromatic N) is 3. The highest BCUT2D eigenvalue weighted by Crippen LogP contribution is 2.39. The number of benzene rings is 2. The zero-order chi connectivity index (χ0) is 20.9. The Balaban J connectivity index is 1.66. The molecule has 1 atom stereocenters. The van der Waals surface area contributed by atoms with Crippen LogP contribution < -0.4 is 19.9 Å². The van der Waals surface area contributed by atoms with Crippen molar-refractivity contribution in [2.24, 2.45) is 0 Å². The van der Waals surface area contributed by atoms with E-state index in [0.717, 1.165) is 16.8 Å². The van der Waals surface area contributed by atoms with Crippen LogP contribution in [0.2, 0.25) is 0 Å². The van der Waals surface area contributed by atoms with Gasteiger partial charge in [0.15, 0.2) is 11.9 Å². The van der Waals surface area contributed by atoms with Gasteiger partial charge in [0.05, 0.1) is 5.97 Å². The van der Waals surface area contributed by atoms with Crippen LogP contribution in [0.3, 0.4) is 0 Å². The van der Waals surface area contributed by atoms with Crippen molar-refractivity contribution in [2.45, 2.75) is 11.4 Å². The quantitative estimate of drug-likeness (QED) is 0.454. The maximum Gasteiger partial charge on any atom is 0.247 e. The van der Waals surface area contributed by atoms with E-state index in [1.807, 2.05) is 24.3 Å². The van der Waals surface area contributed by atoms with Crippen LogP contribution in [0.4, 0.5) is 5.69 Å². The molecule has 3 aromatic rings. The molecule has 0 aliphatic carbocycles. The molecule has 0 radical (unpaired) electrons. The van der Waals surface area contributed by atoms with E-state index < -0.39 is 18.8 Å². The van der Waals surface area contributed by atoms with Gasteiger partial charge in [0, 0.05) is 22.6 Å². The second kappa shape index (κ2) is 8.83. The number of anilines is 1. The van der Waals surface area contributed by atoms with Crippen molar-refractivity contribution in [3.8, 4) is 22.9 Å². The molecular formula is C21H17N4O4S-. The molecule has 1 N–H and O–H groups in total. The van der Waals surface area contributed by atoms with Crippen molar-refractivity contribution in [2.75, 3.05) is 17.7 Å². The predicted octanol–water partition coefficient (Wildman–Crippen LogP) is 2.45. The lowest BCUT2D eigenvalue weighted by molar-refractivity contribution is -0.307. The third-order valence-electron chi connectivity index (χ3n) is 4.20. The fourth-order valence-corrected chi connectivity index (χ4v) is 3.39. The minimum atomic E-state index is -1.28. The molecule has 0 bridgehead atoms. The Kier molecular flexibility index (Phi) is 5.80. The van der Waals surface area contributed by atoms with Crippen molar-refractivity contribution in [3.63, 3.8) is 0 Å². The monoisotopic (exact) mass is 421 g/mol. The first-order chi connectivity index (χ1) is 14.6. The summed E-state index contributed by atoms with van der Waals surface area (Å²) in [6.45, 7) is 3.20. The standard InChI is InChI=1S/C21H18N4O4S/c1-2-11-30-21-23-20-18(24-25-21)15-5-3-4-6-16(15)22-19(29-20)13-7-9-14(10-8-13)28-12-17(26)27/h2-10,19,22H,1,11-12H2,(H,26,27)/p-1/t19-/m1/s1. The summed E-state index contributed by atoms with van der Waals surface area (Å²) >= 11 is 1.42. The molecule has 0 saturated carbocycles. The van der Waals surface area contributed by atoms with Gasteiger partial charge in [-0.15, -0.1) is 16.8 Å². The molecule has 1 aromatic heterocycles. The number of hydrogen-bond donors (Lipinski definition) is 1. The number of rotatable bonds is 7. The summed E-state index contributed by atoms with van der Waals surface area (Å²) in [7, 11) is 0. The topological polar surface area (TPSA) is 109 Å². The largest absolute Gasteiger partial charge is 0.546 e. The van der Waals surface area contributed by atoms with Gasteiger partial charge in [0.2, 0.25) is 11.0 Å². The van der Waals surface area contributed by atoms with Gasteiger partial charge in [-0.2, -0.15) is 4.98 Å². The Morgan fingerprint density at radius 1 is 1.23 bits per heavy atom. The van der Waals surface area contributed by atoms with Gasteiger partial charge >= 0.3 is 0 Å². The summed E-state index contributed by atoms with van der Waals surface area (Å²) < 4.78 is 11.3. The number of para-hydroxylation sites is 1. The number of thioether (sulfide) groups is 1. The Labute approximate surface area is 177 Å². The molecule has 152 valence electrons. The second-order valence-electron chi connectivity index (χ2n) is 6.27. The van der Waals surface area contributed by atoms with Gasteiger partial charge in [-0.05, 0) is 30.3 Å².